The molecular weight excluding hydrogens is 411 g/mol. The number of aromatic nitrogens is 2. The molecule has 0 saturated carbocycles. The van der Waals surface area contributed by atoms with Gasteiger partial charge in [-0.15, -0.1) is 0 Å². The summed E-state index contributed by atoms with van der Waals surface area (Å²) in [6, 6.07) is 13.3. The first kappa shape index (κ1) is 21.4. The maximum absolute atomic E-state index is 13.1. The van der Waals surface area contributed by atoms with Gasteiger partial charge in [0.1, 0.15) is 5.82 Å². The Bertz CT molecular complexity index is 1170. The lowest BCUT2D eigenvalue weighted by atomic mass is 9.93. The van der Waals surface area contributed by atoms with Crippen molar-refractivity contribution in [2.24, 2.45) is 0 Å². The first-order chi connectivity index (χ1) is 15.5. The number of halogens is 1. The molecule has 2 aromatic heterocycles. The molecule has 0 spiro atoms. The highest BCUT2D eigenvalue weighted by Crippen LogP contribution is 2.34. The molecule has 1 aromatic carbocycles. The van der Waals surface area contributed by atoms with Gasteiger partial charge in [-0.1, -0.05) is 30.3 Å². The summed E-state index contributed by atoms with van der Waals surface area (Å²) in [6.45, 7) is 0.794. The van der Waals surface area contributed by atoms with E-state index in [4.69, 9.17) is 0 Å². The minimum absolute atomic E-state index is 0.0710. The number of H-pyrrole nitrogens is 1. The van der Waals surface area contributed by atoms with Crippen LogP contribution in [0.4, 0.5) is 10.2 Å². The van der Waals surface area contributed by atoms with Gasteiger partial charge in [0.05, 0.1) is 31.9 Å². The second-order valence-corrected chi connectivity index (χ2v) is 7.72. The minimum atomic E-state index is -0.755. The number of amides is 2. The Morgan fingerprint density at radius 2 is 1.97 bits per heavy atom. The number of carbonyl (C=O) groups is 3. The molecule has 8 heteroatoms. The summed E-state index contributed by atoms with van der Waals surface area (Å²) in [7, 11) is 0. The van der Waals surface area contributed by atoms with Crippen LogP contribution in [0.1, 0.15) is 40.5 Å². The number of Topliss-reactive ketones (excluding diaryl/α,β-unsaturated/α-hetero) is 1. The molecule has 164 valence electrons. The fourth-order valence-corrected chi connectivity index (χ4v) is 4.02. The molecule has 1 aliphatic heterocycles. The van der Waals surface area contributed by atoms with Crippen LogP contribution in [0, 0.1) is 0 Å². The number of benzene rings is 1. The standard InChI is InChI=1S/C24H23FN4O3/c1-15(30)27-21-12-17(8-10-26-21)24-18(11-16-5-3-2-4-6-16)23-19(28-24)13-29(14-20(23)31)22(32)7-9-25/h2-6,8,10,12,28H,7,9,11,13-14H2,1H3,(H,26,27,30). The van der Waals surface area contributed by atoms with E-state index in [1.165, 1.54) is 11.8 Å². The van der Waals surface area contributed by atoms with Crippen LogP contribution < -0.4 is 5.32 Å². The zero-order chi connectivity index (χ0) is 22.7. The number of fused-ring (bicyclic) bond motifs is 1. The normalized spacial score (nSPS) is 13.1. The van der Waals surface area contributed by atoms with Crippen molar-refractivity contribution in [3.8, 4) is 11.3 Å². The van der Waals surface area contributed by atoms with E-state index in [-0.39, 0.29) is 37.1 Å². The van der Waals surface area contributed by atoms with Gasteiger partial charge in [0.15, 0.2) is 5.78 Å². The van der Waals surface area contributed by atoms with Crippen molar-refractivity contribution in [2.75, 3.05) is 18.5 Å². The van der Waals surface area contributed by atoms with Crippen molar-refractivity contribution >= 4 is 23.4 Å². The third-order valence-electron chi connectivity index (χ3n) is 5.38. The third-order valence-corrected chi connectivity index (χ3v) is 5.38. The predicted octanol–water partition coefficient (Wildman–Crippen LogP) is 3.51. The molecule has 0 atom stereocenters. The van der Waals surface area contributed by atoms with Crippen LogP contribution in [-0.4, -0.2) is 45.7 Å². The van der Waals surface area contributed by atoms with Crippen LogP contribution in [0.15, 0.2) is 48.7 Å². The lowest BCUT2D eigenvalue weighted by Gasteiger charge is -2.26. The maximum Gasteiger partial charge on any atom is 0.225 e. The van der Waals surface area contributed by atoms with Gasteiger partial charge in [-0.25, -0.2) is 4.98 Å². The molecule has 0 radical (unpaired) electrons. The van der Waals surface area contributed by atoms with Crippen LogP contribution in [0.2, 0.25) is 0 Å². The summed E-state index contributed by atoms with van der Waals surface area (Å²) in [5.74, 6) is -0.395. The number of anilines is 1. The number of hydrogen-bond acceptors (Lipinski definition) is 4. The van der Waals surface area contributed by atoms with Crippen molar-refractivity contribution < 1.29 is 18.8 Å². The van der Waals surface area contributed by atoms with Crippen molar-refractivity contribution in [1.29, 1.82) is 0 Å². The molecule has 4 rings (SSSR count). The van der Waals surface area contributed by atoms with Crippen LogP contribution in [0.3, 0.4) is 0 Å². The van der Waals surface area contributed by atoms with Gasteiger partial charge in [-0.05, 0) is 23.3 Å². The fourth-order valence-electron chi connectivity index (χ4n) is 4.02. The van der Waals surface area contributed by atoms with Crippen LogP contribution in [-0.2, 0) is 22.6 Å². The second-order valence-electron chi connectivity index (χ2n) is 7.72. The molecule has 2 N–H and O–H groups in total. The molecule has 0 saturated heterocycles. The Balaban J connectivity index is 1.80. The molecule has 0 unspecified atom stereocenters. The quantitative estimate of drug-likeness (QED) is 0.621. The number of nitrogens with zero attached hydrogens (tertiary/aromatic N) is 2. The Labute approximate surface area is 184 Å². The molecule has 2 amide bonds. The topological polar surface area (TPSA) is 95.2 Å². The lowest BCUT2D eigenvalue weighted by molar-refractivity contribution is -0.131. The van der Waals surface area contributed by atoms with Crippen LogP contribution in [0.5, 0.6) is 0 Å². The van der Waals surface area contributed by atoms with Gasteiger partial charge in [-0.3, -0.25) is 18.8 Å². The lowest BCUT2D eigenvalue weighted by Crippen LogP contribution is -2.39. The van der Waals surface area contributed by atoms with Crippen LogP contribution in [0.25, 0.3) is 11.3 Å². The average molecular weight is 434 g/mol. The molecule has 0 aliphatic carbocycles. The zero-order valence-electron chi connectivity index (χ0n) is 17.7. The SMILES string of the molecule is CC(=O)Nc1cc(-c2[nH]c3c(c2Cc2ccccc2)C(=O)CN(C(=O)CCF)C3)ccn1. The zero-order valence-corrected chi connectivity index (χ0v) is 17.7. The minimum Gasteiger partial charge on any atom is -0.356 e. The number of aromatic amines is 1. The number of nitrogens with one attached hydrogen (secondary N) is 2. The molecule has 0 fully saturated rings. The van der Waals surface area contributed by atoms with E-state index in [1.807, 2.05) is 30.3 Å². The first-order valence-corrected chi connectivity index (χ1v) is 10.3. The van der Waals surface area contributed by atoms with Crippen molar-refractivity contribution in [3.05, 3.63) is 71.0 Å². The Morgan fingerprint density at radius 1 is 1.19 bits per heavy atom. The Hall–Kier alpha value is -3.81. The maximum atomic E-state index is 13.1. The van der Waals surface area contributed by atoms with E-state index in [9.17, 15) is 18.8 Å². The number of carbonyl (C=O) groups excluding carboxylic acids is 3. The van der Waals surface area contributed by atoms with E-state index < -0.39 is 6.67 Å². The van der Waals surface area contributed by atoms with E-state index in [1.54, 1.807) is 18.3 Å². The van der Waals surface area contributed by atoms with Crippen LogP contribution >= 0.6 is 0 Å². The Morgan fingerprint density at radius 3 is 2.69 bits per heavy atom. The highest BCUT2D eigenvalue weighted by atomic mass is 19.1. The first-order valence-electron chi connectivity index (χ1n) is 10.3. The second kappa shape index (κ2) is 9.13. The largest absolute Gasteiger partial charge is 0.356 e. The number of pyridine rings is 1. The average Bonchev–Trinajstić information content (AvgIpc) is 3.13. The fraction of sp³-hybridized carbons (Fsp3) is 0.250. The molecule has 0 bridgehead atoms. The van der Waals surface area contributed by atoms with E-state index in [0.29, 0.717) is 23.5 Å². The van der Waals surface area contributed by atoms with Crippen molar-refractivity contribution in [3.63, 3.8) is 0 Å². The monoisotopic (exact) mass is 434 g/mol. The van der Waals surface area contributed by atoms with E-state index >= 15 is 0 Å². The molecule has 7 nitrogen and oxygen atoms in total. The molecule has 1 aliphatic rings. The summed E-state index contributed by atoms with van der Waals surface area (Å²) in [5.41, 5.74) is 4.57. The summed E-state index contributed by atoms with van der Waals surface area (Å²) < 4.78 is 12.7. The van der Waals surface area contributed by atoms with Gasteiger partial charge >= 0.3 is 0 Å². The molecule has 3 aromatic rings. The van der Waals surface area contributed by atoms with Gasteiger partial charge in [-0.2, -0.15) is 0 Å². The van der Waals surface area contributed by atoms with Crippen molar-refractivity contribution in [2.45, 2.75) is 26.3 Å². The highest BCUT2D eigenvalue weighted by molar-refractivity contribution is 6.04. The number of ketones is 1. The number of hydrogen-bond donors (Lipinski definition) is 2. The van der Waals surface area contributed by atoms with E-state index in [2.05, 4.69) is 15.3 Å². The third kappa shape index (κ3) is 4.44. The predicted molar refractivity (Wildman–Crippen MR) is 118 cm³/mol. The molecule has 32 heavy (non-hydrogen) atoms. The molecule has 3 heterocycles. The van der Waals surface area contributed by atoms with Gasteiger partial charge in [0.2, 0.25) is 11.8 Å². The number of rotatable bonds is 6. The Kier molecular flexibility index (Phi) is 6.11. The van der Waals surface area contributed by atoms with Gasteiger partial charge in [0, 0.05) is 36.4 Å². The summed E-state index contributed by atoms with van der Waals surface area (Å²) in [6.07, 6.45) is 1.87. The van der Waals surface area contributed by atoms with Crippen molar-refractivity contribution in [1.82, 2.24) is 14.9 Å². The smallest absolute Gasteiger partial charge is 0.225 e. The van der Waals surface area contributed by atoms with Gasteiger partial charge in [0.25, 0.3) is 0 Å². The summed E-state index contributed by atoms with van der Waals surface area (Å²) in [5, 5.41) is 2.67. The van der Waals surface area contributed by atoms with E-state index in [0.717, 1.165) is 22.4 Å². The molecular formula is C24H23FN4O3. The number of alkyl halides is 1. The summed E-state index contributed by atoms with van der Waals surface area (Å²) in [4.78, 5) is 45.7. The summed E-state index contributed by atoms with van der Waals surface area (Å²) >= 11 is 0. The van der Waals surface area contributed by atoms with Gasteiger partial charge < -0.3 is 15.2 Å². The highest BCUT2D eigenvalue weighted by Gasteiger charge is 2.32.